The van der Waals surface area contributed by atoms with Gasteiger partial charge in [0.1, 0.15) is 5.54 Å². The summed E-state index contributed by atoms with van der Waals surface area (Å²) in [5, 5.41) is 3.95. The van der Waals surface area contributed by atoms with Crippen LogP contribution in [0.3, 0.4) is 0 Å². The molecule has 1 spiro atoms. The van der Waals surface area contributed by atoms with Crippen molar-refractivity contribution in [2.75, 3.05) is 19.0 Å². The van der Waals surface area contributed by atoms with E-state index in [4.69, 9.17) is 15.5 Å². The van der Waals surface area contributed by atoms with E-state index in [0.29, 0.717) is 0 Å². The van der Waals surface area contributed by atoms with E-state index in [1.807, 2.05) is 0 Å². The summed E-state index contributed by atoms with van der Waals surface area (Å²) in [5.74, 6) is 0.599. The Balaban J connectivity index is 2.04. The molecule has 0 saturated carbocycles. The highest BCUT2D eigenvalue weighted by atomic mass is 32.2. The molecule has 2 aliphatic rings. The van der Waals surface area contributed by atoms with Gasteiger partial charge in [-0.1, -0.05) is 11.8 Å². The van der Waals surface area contributed by atoms with Gasteiger partial charge in [-0.2, -0.15) is 0 Å². The molecule has 96 valence electrons. The summed E-state index contributed by atoms with van der Waals surface area (Å²) >= 11 is 1.67. The molecule has 0 aromatic heterocycles. The number of aliphatic imine (C=N–C) groups is 1. The molecular weight excluding hydrogens is 238 g/mol. The zero-order valence-corrected chi connectivity index (χ0v) is 11.1. The molecule has 0 atom stereocenters. The lowest BCUT2D eigenvalue weighted by molar-refractivity contribution is -0.122. The Bertz CT molecular complexity index is 349. The van der Waals surface area contributed by atoms with E-state index in [1.165, 1.54) is 0 Å². The van der Waals surface area contributed by atoms with E-state index in [1.54, 1.807) is 25.6 Å². The maximum atomic E-state index is 11.3. The maximum Gasteiger partial charge on any atom is 0.242 e. The van der Waals surface area contributed by atoms with Gasteiger partial charge < -0.3 is 15.8 Å². The van der Waals surface area contributed by atoms with E-state index < -0.39 is 5.54 Å². The van der Waals surface area contributed by atoms with Crippen molar-refractivity contribution in [3.63, 3.8) is 0 Å². The molecule has 5 nitrogen and oxygen atoms in total. The number of nitrogens with two attached hydrogens (primary N) is 1. The second kappa shape index (κ2) is 4.49. The largest absolute Gasteiger partial charge is 0.381 e. The Labute approximate surface area is 106 Å². The molecule has 0 aromatic carbocycles. The van der Waals surface area contributed by atoms with E-state index in [2.05, 4.69) is 5.32 Å². The van der Waals surface area contributed by atoms with Gasteiger partial charge in [-0.3, -0.25) is 9.79 Å². The highest BCUT2D eigenvalue weighted by molar-refractivity contribution is 8.14. The Morgan fingerprint density at radius 2 is 2.18 bits per heavy atom. The quantitative estimate of drug-likeness (QED) is 0.755. The summed E-state index contributed by atoms with van der Waals surface area (Å²) in [6.07, 6.45) is 1.92. The summed E-state index contributed by atoms with van der Waals surface area (Å²) in [6, 6.07) is 0. The molecule has 1 saturated heterocycles. The van der Waals surface area contributed by atoms with Crippen molar-refractivity contribution in [2.45, 2.75) is 37.8 Å². The number of amidine groups is 1. The molecule has 2 heterocycles. The summed E-state index contributed by atoms with van der Waals surface area (Å²) in [7, 11) is 0. The van der Waals surface area contributed by atoms with Crippen LogP contribution in [0.4, 0.5) is 0 Å². The summed E-state index contributed by atoms with van der Waals surface area (Å²) in [5.41, 5.74) is 4.60. The van der Waals surface area contributed by atoms with E-state index in [0.717, 1.165) is 37.0 Å². The third-order valence-corrected chi connectivity index (χ3v) is 4.42. The van der Waals surface area contributed by atoms with Gasteiger partial charge in [-0.15, -0.1) is 0 Å². The number of hydrogen-bond donors (Lipinski definition) is 2. The fourth-order valence-corrected chi connectivity index (χ4v) is 3.23. The fourth-order valence-electron chi connectivity index (χ4n) is 1.88. The summed E-state index contributed by atoms with van der Waals surface area (Å²) in [6.45, 7) is 5.09. The summed E-state index contributed by atoms with van der Waals surface area (Å²) < 4.78 is 5.36. The SMILES string of the molecule is CC(C)(NC1=NC2(CCOCC2)CS1)C(N)=O. The molecule has 6 heteroatoms. The highest BCUT2D eigenvalue weighted by Gasteiger charge is 2.39. The second-order valence-corrected chi connectivity index (χ2v) is 6.12. The van der Waals surface area contributed by atoms with Crippen molar-refractivity contribution >= 4 is 22.8 Å². The van der Waals surface area contributed by atoms with Crippen molar-refractivity contribution in [1.82, 2.24) is 5.32 Å². The average Bonchev–Trinajstić information content (AvgIpc) is 2.61. The molecule has 2 aliphatic heterocycles. The van der Waals surface area contributed by atoms with Crippen LogP contribution in [0.1, 0.15) is 26.7 Å². The number of hydrogen-bond acceptors (Lipinski definition) is 5. The third-order valence-electron chi connectivity index (χ3n) is 3.28. The molecule has 1 fully saturated rings. The van der Waals surface area contributed by atoms with Crippen LogP contribution in [0.2, 0.25) is 0 Å². The lowest BCUT2D eigenvalue weighted by Crippen LogP contribution is -2.52. The predicted octanol–water partition coefficient (Wildman–Crippen LogP) is 0.492. The van der Waals surface area contributed by atoms with Crippen molar-refractivity contribution in [3.8, 4) is 0 Å². The van der Waals surface area contributed by atoms with Gasteiger partial charge in [0, 0.05) is 19.0 Å². The van der Waals surface area contributed by atoms with E-state index >= 15 is 0 Å². The van der Waals surface area contributed by atoms with Crippen LogP contribution >= 0.6 is 11.8 Å². The average molecular weight is 257 g/mol. The molecule has 1 amide bonds. The van der Waals surface area contributed by atoms with Crippen LogP contribution in [0, 0.1) is 0 Å². The normalized spacial score (nSPS) is 23.5. The number of carbonyl (C=O) groups excluding carboxylic acids is 1. The molecule has 3 N–H and O–H groups in total. The monoisotopic (exact) mass is 257 g/mol. The first-order chi connectivity index (χ1) is 7.94. The third kappa shape index (κ3) is 2.74. The molecule has 0 radical (unpaired) electrons. The molecule has 0 aromatic rings. The molecule has 0 bridgehead atoms. The number of nitrogens with one attached hydrogen (secondary N) is 1. The first-order valence-corrected chi connectivity index (χ1v) is 6.81. The van der Waals surface area contributed by atoms with Crippen LogP contribution in [0.5, 0.6) is 0 Å². The zero-order valence-electron chi connectivity index (χ0n) is 10.3. The number of nitrogens with zero attached hydrogens (tertiary/aromatic N) is 1. The second-order valence-electron chi connectivity index (χ2n) is 5.16. The van der Waals surface area contributed by atoms with Crippen molar-refractivity contribution in [2.24, 2.45) is 10.7 Å². The van der Waals surface area contributed by atoms with Crippen molar-refractivity contribution in [3.05, 3.63) is 0 Å². The van der Waals surface area contributed by atoms with Gasteiger partial charge >= 0.3 is 0 Å². The van der Waals surface area contributed by atoms with Gasteiger partial charge in [-0.05, 0) is 26.7 Å². The number of rotatable bonds is 2. The molecule has 17 heavy (non-hydrogen) atoms. The Kier molecular flexibility index (Phi) is 3.36. The van der Waals surface area contributed by atoms with Crippen LogP contribution < -0.4 is 11.1 Å². The van der Waals surface area contributed by atoms with E-state index in [9.17, 15) is 4.79 Å². The van der Waals surface area contributed by atoms with Crippen molar-refractivity contribution in [1.29, 1.82) is 0 Å². The standard InChI is InChI=1S/C11H19N3O2S/c1-10(2,8(12)15)13-9-14-11(7-17-9)3-5-16-6-4-11/h3-7H2,1-2H3,(H2,12,15)(H,13,14). The lowest BCUT2D eigenvalue weighted by Gasteiger charge is -2.29. The predicted molar refractivity (Wildman–Crippen MR) is 69.1 cm³/mol. The van der Waals surface area contributed by atoms with Crippen LogP contribution in [0.15, 0.2) is 4.99 Å². The van der Waals surface area contributed by atoms with E-state index in [-0.39, 0.29) is 11.4 Å². The van der Waals surface area contributed by atoms with Gasteiger partial charge in [0.15, 0.2) is 5.17 Å². The smallest absolute Gasteiger partial charge is 0.242 e. The molecular formula is C11H19N3O2S. The highest BCUT2D eigenvalue weighted by Crippen LogP contribution is 2.35. The van der Waals surface area contributed by atoms with Gasteiger partial charge in [0.25, 0.3) is 0 Å². The van der Waals surface area contributed by atoms with Crippen LogP contribution in [-0.4, -0.2) is 41.1 Å². The first-order valence-electron chi connectivity index (χ1n) is 5.82. The number of ether oxygens (including phenoxy) is 1. The minimum absolute atomic E-state index is 0.0129. The fraction of sp³-hybridized carbons (Fsp3) is 0.818. The summed E-state index contributed by atoms with van der Waals surface area (Å²) in [4.78, 5) is 16.0. The minimum atomic E-state index is -0.747. The number of carbonyl (C=O) groups is 1. The topological polar surface area (TPSA) is 76.7 Å². The zero-order chi connectivity index (χ0) is 12.5. The van der Waals surface area contributed by atoms with Gasteiger partial charge in [0.2, 0.25) is 5.91 Å². The van der Waals surface area contributed by atoms with Gasteiger partial charge in [0.05, 0.1) is 5.54 Å². The maximum absolute atomic E-state index is 11.3. The number of amides is 1. The van der Waals surface area contributed by atoms with Crippen LogP contribution in [0.25, 0.3) is 0 Å². The Morgan fingerprint density at radius 3 is 2.76 bits per heavy atom. The molecule has 0 aliphatic carbocycles. The lowest BCUT2D eigenvalue weighted by atomic mass is 9.93. The minimum Gasteiger partial charge on any atom is -0.381 e. The van der Waals surface area contributed by atoms with Gasteiger partial charge in [-0.25, -0.2) is 0 Å². The van der Waals surface area contributed by atoms with Crippen molar-refractivity contribution < 1.29 is 9.53 Å². The number of thioether (sulfide) groups is 1. The first kappa shape index (κ1) is 12.7. The Hall–Kier alpha value is -0.750. The molecule has 0 unspecified atom stereocenters. The van der Waals surface area contributed by atoms with Crippen LogP contribution in [-0.2, 0) is 9.53 Å². The number of primary amides is 1. The molecule has 2 rings (SSSR count). The Morgan fingerprint density at radius 1 is 1.53 bits per heavy atom.